The van der Waals surface area contributed by atoms with Gasteiger partial charge in [0.05, 0.1) is 0 Å². The lowest BCUT2D eigenvalue weighted by atomic mass is 9.79. The molecule has 4 aromatic carbocycles. The molecule has 0 radical (unpaired) electrons. The summed E-state index contributed by atoms with van der Waals surface area (Å²) in [6.45, 7) is 4.71. The number of aromatic nitrogens is 1. The molecule has 1 heterocycles. The molecule has 0 amide bonds. The van der Waals surface area contributed by atoms with Crippen molar-refractivity contribution in [2.45, 2.75) is 19.3 Å². The highest BCUT2D eigenvalue weighted by Gasteiger charge is 2.37. The minimum atomic E-state index is -0.00229. The summed E-state index contributed by atoms with van der Waals surface area (Å²) in [6, 6.07) is 31.0. The standard InChI is InChI=1S/C27H21N/c1-27(2)23-12-5-3-8-19(23)21-11-7-10-18(26(21)27)17-14-15-25-22(16-17)20-9-4-6-13-24(20)28-25/h3-16,28H,1-2H3. The fourth-order valence-corrected chi connectivity index (χ4v) is 5.10. The summed E-state index contributed by atoms with van der Waals surface area (Å²) < 4.78 is 0. The van der Waals surface area contributed by atoms with Crippen LogP contribution in [0.4, 0.5) is 0 Å². The number of nitrogens with one attached hydrogen (secondary N) is 1. The molecule has 1 aliphatic rings. The lowest BCUT2D eigenvalue weighted by molar-refractivity contribution is 0.662. The van der Waals surface area contributed by atoms with Gasteiger partial charge in [-0.1, -0.05) is 80.6 Å². The van der Waals surface area contributed by atoms with Gasteiger partial charge in [-0.05, 0) is 51.6 Å². The van der Waals surface area contributed by atoms with Crippen LogP contribution >= 0.6 is 0 Å². The Morgan fingerprint density at radius 2 is 1.32 bits per heavy atom. The predicted octanol–water partition coefficient (Wildman–Crippen LogP) is 7.29. The summed E-state index contributed by atoms with van der Waals surface area (Å²) >= 11 is 0. The molecule has 1 aliphatic carbocycles. The molecule has 6 rings (SSSR count). The van der Waals surface area contributed by atoms with Crippen LogP contribution in [-0.4, -0.2) is 4.98 Å². The predicted molar refractivity (Wildman–Crippen MR) is 119 cm³/mol. The summed E-state index contributed by atoms with van der Waals surface area (Å²) in [5.74, 6) is 0. The maximum Gasteiger partial charge on any atom is 0.0465 e. The first-order chi connectivity index (χ1) is 13.6. The maximum absolute atomic E-state index is 3.54. The third-order valence-corrected chi connectivity index (χ3v) is 6.40. The minimum absolute atomic E-state index is 0.00229. The largest absolute Gasteiger partial charge is 0.355 e. The van der Waals surface area contributed by atoms with Gasteiger partial charge in [-0.25, -0.2) is 0 Å². The van der Waals surface area contributed by atoms with Gasteiger partial charge in [0.25, 0.3) is 0 Å². The molecule has 134 valence electrons. The van der Waals surface area contributed by atoms with Crippen LogP contribution < -0.4 is 0 Å². The monoisotopic (exact) mass is 359 g/mol. The van der Waals surface area contributed by atoms with Crippen LogP contribution in [0.1, 0.15) is 25.0 Å². The molecule has 0 saturated heterocycles. The van der Waals surface area contributed by atoms with Crippen molar-refractivity contribution < 1.29 is 0 Å². The SMILES string of the molecule is CC1(C)c2ccccc2-c2cccc(-c3ccc4[nH]c5ccccc5c4c3)c21. The number of rotatable bonds is 1. The van der Waals surface area contributed by atoms with Crippen molar-refractivity contribution in [1.82, 2.24) is 4.98 Å². The second-order valence-electron chi connectivity index (χ2n) is 8.33. The van der Waals surface area contributed by atoms with Crippen molar-refractivity contribution in [1.29, 1.82) is 0 Å². The molecule has 1 N–H and O–H groups in total. The summed E-state index contributed by atoms with van der Waals surface area (Å²) in [5, 5.41) is 2.58. The van der Waals surface area contributed by atoms with Gasteiger partial charge in [-0.2, -0.15) is 0 Å². The minimum Gasteiger partial charge on any atom is -0.355 e. The molecule has 0 bridgehead atoms. The molecule has 0 saturated carbocycles. The zero-order chi connectivity index (χ0) is 18.9. The lowest BCUT2D eigenvalue weighted by Crippen LogP contribution is -2.16. The molecular formula is C27H21N. The Morgan fingerprint density at radius 1 is 0.607 bits per heavy atom. The highest BCUT2D eigenvalue weighted by Crippen LogP contribution is 2.52. The van der Waals surface area contributed by atoms with Gasteiger partial charge in [0.15, 0.2) is 0 Å². The Bertz CT molecular complexity index is 1380. The Labute approximate surface area is 164 Å². The fraction of sp³-hybridized carbons (Fsp3) is 0.111. The number of hydrogen-bond donors (Lipinski definition) is 1. The zero-order valence-corrected chi connectivity index (χ0v) is 16.1. The summed E-state index contributed by atoms with van der Waals surface area (Å²) in [6.07, 6.45) is 0. The van der Waals surface area contributed by atoms with Crippen LogP contribution in [0.15, 0.2) is 84.9 Å². The van der Waals surface area contributed by atoms with Crippen molar-refractivity contribution in [3.63, 3.8) is 0 Å². The maximum atomic E-state index is 3.54. The summed E-state index contributed by atoms with van der Waals surface area (Å²) in [4.78, 5) is 3.54. The summed E-state index contributed by atoms with van der Waals surface area (Å²) in [5.41, 5.74) is 10.6. The molecule has 0 aliphatic heterocycles. The number of H-pyrrole nitrogens is 1. The quantitative estimate of drug-likeness (QED) is 0.323. The van der Waals surface area contributed by atoms with Gasteiger partial charge in [0, 0.05) is 27.2 Å². The third kappa shape index (κ3) is 1.96. The second-order valence-corrected chi connectivity index (χ2v) is 8.33. The van der Waals surface area contributed by atoms with Crippen LogP contribution in [0, 0.1) is 0 Å². The van der Waals surface area contributed by atoms with Crippen molar-refractivity contribution >= 4 is 21.8 Å². The van der Waals surface area contributed by atoms with E-state index < -0.39 is 0 Å². The van der Waals surface area contributed by atoms with Gasteiger partial charge in [-0.3, -0.25) is 0 Å². The van der Waals surface area contributed by atoms with E-state index in [0.29, 0.717) is 0 Å². The van der Waals surface area contributed by atoms with Crippen molar-refractivity contribution in [2.75, 3.05) is 0 Å². The van der Waals surface area contributed by atoms with Crippen LogP contribution in [0.3, 0.4) is 0 Å². The van der Waals surface area contributed by atoms with E-state index in [9.17, 15) is 0 Å². The second kappa shape index (κ2) is 5.36. The molecule has 0 spiro atoms. The van der Waals surface area contributed by atoms with E-state index in [4.69, 9.17) is 0 Å². The molecule has 5 aromatic rings. The first kappa shape index (κ1) is 15.7. The van der Waals surface area contributed by atoms with Crippen LogP contribution in [0.2, 0.25) is 0 Å². The topological polar surface area (TPSA) is 15.8 Å². The number of benzene rings is 4. The third-order valence-electron chi connectivity index (χ3n) is 6.40. The van der Waals surface area contributed by atoms with E-state index in [0.717, 1.165) is 0 Å². The van der Waals surface area contributed by atoms with Gasteiger partial charge < -0.3 is 4.98 Å². The lowest BCUT2D eigenvalue weighted by Gasteiger charge is -2.24. The zero-order valence-electron chi connectivity index (χ0n) is 16.1. The van der Waals surface area contributed by atoms with E-state index in [-0.39, 0.29) is 5.41 Å². The average molecular weight is 359 g/mol. The number of para-hydroxylation sites is 1. The molecule has 0 fully saturated rings. The Balaban J connectivity index is 1.65. The Kier molecular flexibility index (Phi) is 3.01. The van der Waals surface area contributed by atoms with E-state index in [1.54, 1.807) is 0 Å². The number of fused-ring (bicyclic) bond motifs is 6. The first-order valence-corrected chi connectivity index (χ1v) is 9.89. The number of hydrogen-bond acceptors (Lipinski definition) is 0. The van der Waals surface area contributed by atoms with Crippen LogP contribution in [0.5, 0.6) is 0 Å². The summed E-state index contributed by atoms with van der Waals surface area (Å²) in [7, 11) is 0. The van der Waals surface area contributed by atoms with Crippen LogP contribution in [-0.2, 0) is 5.41 Å². The van der Waals surface area contributed by atoms with Gasteiger partial charge in [0.1, 0.15) is 0 Å². The van der Waals surface area contributed by atoms with E-state index in [1.165, 1.54) is 55.2 Å². The highest BCUT2D eigenvalue weighted by atomic mass is 14.7. The molecule has 0 unspecified atom stereocenters. The van der Waals surface area contributed by atoms with Crippen molar-refractivity contribution in [3.05, 3.63) is 96.1 Å². The van der Waals surface area contributed by atoms with Gasteiger partial charge >= 0.3 is 0 Å². The smallest absolute Gasteiger partial charge is 0.0465 e. The normalized spacial score (nSPS) is 14.4. The van der Waals surface area contributed by atoms with Crippen LogP contribution in [0.25, 0.3) is 44.1 Å². The van der Waals surface area contributed by atoms with E-state index in [2.05, 4.69) is 104 Å². The highest BCUT2D eigenvalue weighted by molar-refractivity contribution is 6.08. The average Bonchev–Trinajstić information content (AvgIpc) is 3.21. The van der Waals surface area contributed by atoms with Crippen molar-refractivity contribution in [2.24, 2.45) is 0 Å². The molecule has 0 atom stereocenters. The van der Waals surface area contributed by atoms with Gasteiger partial charge in [0.2, 0.25) is 0 Å². The molecule has 28 heavy (non-hydrogen) atoms. The Hall–Kier alpha value is -3.32. The molecule has 1 heteroatoms. The van der Waals surface area contributed by atoms with Crippen molar-refractivity contribution in [3.8, 4) is 22.3 Å². The Morgan fingerprint density at radius 3 is 2.25 bits per heavy atom. The fourth-order valence-electron chi connectivity index (χ4n) is 5.10. The number of aromatic amines is 1. The first-order valence-electron chi connectivity index (χ1n) is 9.89. The van der Waals surface area contributed by atoms with E-state index in [1.807, 2.05) is 0 Å². The molecule has 1 aromatic heterocycles. The molecule has 1 nitrogen and oxygen atoms in total. The van der Waals surface area contributed by atoms with E-state index >= 15 is 0 Å². The molecular weight excluding hydrogens is 338 g/mol. The van der Waals surface area contributed by atoms with Gasteiger partial charge in [-0.15, -0.1) is 0 Å².